The minimum Gasteiger partial charge on any atom is -0.366 e. The Labute approximate surface area is 196 Å². The molecule has 1 aliphatic heterocycles. The van der Waals surface area contributed by atoms with Crippen LogP contribution in [0.2, 0.25) is 5.15 Å². The van der Waals surface area contributed by atoms with Crippen molar-refractivity contribution in [2.75, 3.05) is 37.6 Å². The summed E-state index contributed by atoms with van der Waals surface area (Å²) in [6, 6.07) is 9.15. The molecule has 1 fully saturated rings. The average Bonchev–Trinajstić information content (AvgIpc) is 2.80. The third-order valence-electron chi connectivity index (χ3n) is 5.88. The summed E-state index contributed by atoms with van der Waals surface area (Å²) in [7, 11) is 0. The van der Waals surface area contributed by atoms with Crippen LogP contribution in [0.5, 0.6) is 0 Å². The Morgan fingerprint density at radius 2 is 1.88 bits per heavy atom. The molecule has 0 bridgehead atoms. The monoisotopic (exact) mass is 470 g/mol. The molecule has 3 heterocycles. The largest absolute Gasteiger partial charge is 0.366 e. The normalized spacial score (nSPS) is 14.6. The van der Waals surface area contributed by atoms with E-state index in [9.17, 15) is 14.4 Å². The van der Waals surface area contributed by atoms with Gasteiger partial charge < -0.3 is 15.2 Å². The number of aromatic amines is 1. The fraction of sp³-hybridized carbons (Fsp3) is 0.391. The first-order chi connectivity index (χ1) is 15.9. The molecular weight excluding hydrogens is 444 g/mol. The number of benzene rings is 1. The summed E-state index contributed by atoms with van der Waals surface area (Å²) < 4.78 is 1.20. The van der Waals surface area contributed by atoms with Gasteiger partial charge in [0, 0.05) is 45.8 Å². The molecule has 3 aromatic rings. The van der Waals surface area contributed by atoms with Crippen molar-refractivity contribution in [1.82, 2.24) is 24.8 Å². The third-order valence-corrected chi connectivity index (χ3v) is 6.16. The Kier molecular flexibility index (Phi) is 6.80. The van der Waals surface area contributed by atoms with Crippen molar-refractivity contribution >= 4 is 34.1 Å². The lowest BCUT2D eigenvalue weighted by molar-refractivity contribution is 0.0951. The van der Waals surface area contributed by atoms with Gasteiger partial charge in [-0.1, -0.05) is 17.7 Å². The maximum Gasteiger partial charge on any atom is 0.328 e. The quantitative estimate of drug-likeness (QED) is 0.533. The maximum absolute atomic E-state index is 12.5. The van der Waals surface area contributed by atoms with Gasteiger partial charge in [-0.15, -0.1) is 0 Å². The number of amides is 1. The van der Waals surface area contributed by atoms with Crippen molar-refractivity contribution in [3.8, 4) is 0 Å². The molecule has 33 heavy (non-hydrogen) atoms. The molecule has 10 heteroatoms. The Morgan fingerprint density at radius 1 is 1.12 bits per heavy atom. The first-order valence-electron chi connectivity index (χ1n) is 11.1. The van der Waals surface area contributed by atoms with Crippen molar-refractivity contribution in [3.05, 3.63) is 67.6 Å². The zero-order chi connectivity index (χ0) is 23.5. The van der Waals surface area contributed by atoms with Gasteiger partial charge in [0.1, 0.15) is 5.69 Å². The van der Waals surface area contributed by atoms with E-state index >= 15 is 0 Å². The predicted octanol–water partition coefficient (Wildman–Crippen LogP) is 1.83. The number of pyridine rings is 1. The standard InChI is InChI=1S/C23H27ClN6O3/c1-3-25-21(31)17-7-8-19(20(24)26-17)29-11-9-28(10-12-29)14-15-5-6-16-18(13-15)27-23(33)30(4-2)22(16)32/h5-8,13H,3-4,9-12,14H2,1-2H3,(H,25,31)(H,27,33). The van der Waals surface area contributed by atoms with Gasteiger partial charge in [0.2, 0.25) is 0 Å². The van der Waals surface area contributed by atoms with Gasteiger partial charge in [-0.3, -0.25) is 19.1 Å². The van der Waals surface area contributed by atoms with Crippen molar-refractivity contribution < 1.29 is 4.79 Å². The number of carbonyl (C=O) groups is 1. The second kappa shape index (κ2) is 9.76. The molecule has 0 aliphatic carbocycles. The number of fused-ring (bicyclic) bond motifs is 1. The van der Waals surface area contributed by atoms with E-state index in [0.29, 0.717) is 41.4 Å². The molecule has 174 valence electrons. The van der Waals surface area contributed by atoms with E-state index in [1.807, 2.05) is 25.1 Å². The Morgan fingerprint density at radius 3 is 2.55 bits per heavy atom. The number of hydrogen-bond acceptors (Lipinski definition) is 6. The zero-order valence-electron chi connectivity index (χ0n) is 18.7. The molecule has 4 rings (SSSR count). The van der Waals surface area contributed by atoms with Crippen LogP contribution in [0.15, 0.2) is 39.9 Å². The van der Waals surface area contributed by atoms with E-state index in [4.69, 9.17) is 11.6 Å². The number of nitrogens with one attached hydrogen (secondary N) is 2. The van der Waals surface area contributed by atoms with Crippen LogP contribution in [-0.4, -0.2) is 58.1 Å². The van der Waals surface area contributed by atoms with Crippen LogP contribution in [0.1, 0.15) is 29.9 Å². The summed E-state index contributed by atoms with van der Waals surface area (Å²) in [6.07, 6.45) is 0. The van der Waals surface area contributed by atoms with Gasteiger partial charge >= 0.3 is 5.69 Å². The lowest BCUT2D eigenvalue weighted by Gasteiger charge is -2.36. The van der Waals surface area contributed by atoms with Crippen LogP contribution in [0.3, 0.4) is 0 Å². The van der Waals surface area contributed by atoms with Crippen molar-refractivity contribution in [2.45, 2.75) is 26.9 Å². The van der Waals surface area contributed by atoms with Crippen molar-refractivity contribution in [3.63, 3.8) is 0 Å². The highest BCUT2D eigenvalue weighted by Gasteiger charge is 2.21. The molecule has 1 amide bonds. The van der Waals surface area contributed by atoms with Crippen LogP contribution >= 0.6 is 11.6 Å². The Hall–Kier alpha value is -3.17. The lowest BCUT2D eigenvalue weighted by atomic mass is 10.1. The van der Waals surface area contributed by atoms with E-state index < -0.39 is 0 Å². The van der Waals surface area contributed by atoms with Gasteiger partial charge in [0.05, 0.1) is 16.6 Å². The molecule has 1 saturated heterocycles. The summed E-state index contributed by atoms with van der Waals surface area (Å²) in [5.41, 5.74) is 2.08. The molecule has 1 aliphatic rings. The minimum atomic E-state index is -0.385. The molecular formula is C23H27ClN6O3. The Balaban J connectivity index is 1.42. The van der Waals surface area contributed by atoms with Gasteiger partial charge in [-0.25, -0.2) is 9.78 Å². The van der Waals surface area contributed by atoms with E-state index in [0.717, 1.165) is 37.4 Å². The van der Waals surface area contributed by atoms with E-state index in [2.05, 4.69) is 25.1 Å². The smallest absolute Gasteiger partial charge is 0.328 e. The van der Waals surface area contributed by atoms with Crippen LogP contribution in [0.4, 0.5) is 5.69 Å². The van der Waals surface area contributed by atoms with Crippen molar-refractivity contribution in [1.29, 1.82) is 0 Å². The van der Waals surface area contributed by atoms with Crippen LogP contribution in [0, 0.1) is 0 Å². The molecule has 9 nitrogen and oxygen atoms in total. The summed E-state index contributed by atoms with van der Waals surface area (Å²) in [4.78, 5) is 48.1. The van der Waals surface area contributed by atoms with Gasteiger partial charge in [0.25, 0.3) is 11.5 Å². The summed E-state index contributed by atoms with van der Waals surface area (Å²) in [5.74, 6) is -0.235. The van der Waals surface area contributed by atoms with E-state index in [1.54, 1.807) is 19.1 Å². The Bertz CT molecular complexity index is 1290. The number of carbonyl (C=O) groups excluding carboxylic acids is 1. The van der Waals surface area contributed by atoms with Crippen LogP contribution in [-0.2, 0) is 13.1 Å². The topological polar surface area (TPSA) is 103 Å². The number of halogens is 1. The maximum atomic E-state index is 12.5. The number of aromatic nitrogens is 3. The molecule has 0 saturated carbocycles. The lowest BCUT2D eigenvalue weighted by Crippen LogP contribution is -2.46. The van der Waals surface area contributed by atoms with Gasteiger partial charge in [0.15, 0.2) is 5.15 Å². The van der Waals surface area contributed by atoms with Gasteiger partial charge in [-0.05, 0) is 43.7 Å². The van der Waals surface area contributed by atoms with Gasteiger partial charge in [-0.2, -0.15) is 0 Å². The van der Waals surface area contributed by atoms with Crippen LogP contribution in [0.25, 0.3) is 10.9 Å². The summed E-state index contributed by atoms with van der Waals surface area (Å²) >= 11 is 6.37. The fourth-order valence-electron chi connectivity index (χ4n) is 4.13. The molecule has 2 N–H and O–H groups in total. The first-order valence-corrected chi connectivity index (χ1v) is 11.5. The number of anilines is 1. The number of piperazine rings is 1. The zero-order valence-corrected chi connectivity index (χ0v) is 19.5. The summed E-state index contributed by atoms with van der Waals surface area (Å²) in [5, 5.41) is 3.56. The molecule has 1 aromatic carbocycles. The molecule has 0 radical (unpaired) electrons. The highest BCUT2D eigenvalue weighted by Crippen LogP contribution is 2.25. The number of nitrogens with zero attached hydrogens (tertiary/aromatic N) is 4. The second-order valence-electron chi connectivity index (χ2n) is 7.99. The number of rotatable bonds is 6. The van der Waals surface area contributed by atoms with Crippen LogP contribution < -0.4 is 21.5 Å². The highest BCUT2D eigenvalue weighted by atomic mass is 35.5. The third kappa shape index (κ3) is 4.79. The molecule has 0 atom stereocenters. The highest BCUT2D eigenvalue weighted by molar-refractivity contribution is 6.32. The number of H-pyrrole nitrogens is 1. The minimum absolute atomic E-state index is 0.235. The second-order valence-corrected chi connectivity index (χ2v) is 8.35. The predicted molar refractivity (Wildman–Crippen MR) is 129 cm³/mol. The fourth-order valence-corrected chi connectivity index (χ4v) is 4.41. The van der Waals surface area contributed by atoms with E-state index in [-0.39, 0.29) is 17.2 Å². The number of hydrogen-bond donors (Lipinski definition) is 2. The van der Waals surface area contributed by atoms with Crippen molar-refractivity contribution in [2.24, 2.45) is 0 Å². The first kappa shape index (κ1) is 23.0. The SMILES string of the molecule is CCNC(=O)c1ccc(N2CCN(Cc3ccc4c(=O)n(CC)c(=O)[nH]c4c3)CC2)c(Cl)n1. The molecule has 2 aromatic heterocycles. The summed E-state index contributed by atoms with van der Waals surface area (Å²) in [6.45, 7) is 8.40. The molecule has 0 unspecified atom stereocenters. The average molecular weight is 471 g/mol. The van der Waals surface area contributed by atoms with E-state index in [1.165, 1.54) is 4.57 Å². The molecule has 0 spiro atoms.